The minimum atomic E-state index is -0.174. The molecule has 0 spiro atoms. The highest BCUT2D eigenvalue weighted by Gasteiger charge is 1.99. The molecular weight excluding hydrogens is 214 g/mol. The largest absolute Gasteiger partial charge is 0.325 e. The lowest BCUT2D eigenvalue weighted by Gasteiger charge is -2.05. The van der Waals surface area contributed by atoms with Gasteiger partial charge in [-0.3, -0.25) is 4.79 Å². The number of carbonyl (C=O) groups excluding carboxylic acids is 1. The summed E-state index contributed by atoms with van der Waals surface area (Å²) in [6.45, 7) is 0.794. The number of anilines is 1. The average Bonchev–Trinajstić information content (AvgIpc) is 2.19. The molecule has 1 rings (SSSR count). The van der Waals surface area contributed by atoms with E-state index < -0.39 is 0 Å². The van der Waals surface area contributed by atoms with Crippen LogP contribution in [0.1, 0.15) is 5.56 Å². The van der Waals surface area contributed by atoms with Crippen molar-refractivity contribution in [2.45, 2.75) is 6.54 Å². The molecule has 0 saturated heterocycles. The molecule has 4 N–H and O–H groups in total. The number of hydrogen-bond acceptors (Lipinski definition) is 3. The second-order valence-corrected chi connectivity index (χ2v) is 2.98. The molecule has 0 radical (unpaired) electrons. The monoisotopic (exact) mass is 229 g/mol. The molecule has 0 aliphatic rings. The molecule has 0 fully saturated rings. The summed E-state index contributed by atoms with van der Waals surface area (Å²) in [5, 5.41) is 5.74. The number of amides is 1. The molecular formula is C10H16ClN3O. The molecule has 0 bridgehead atoms. The molecule has 0 aliphatic carbocycles. The van der Waals surface area contributed by atoms with Crippen LogP contribution in [-0.2, 0) is 11.3 Å². The molecule has 84 valence electrons. The van der Waals surface area contributed by atoms with E-state index in [1.54, 1.807) is 0 Å². The Hall–Kier alpha value is -1.10. The molecule has 0 aliphatic heterocycles. The SMILES string of the molecule is CNCc1cccc(NC(=O)CN)c1.Cl. The Balaban J connectivity index is 0.00000196. The van der Waals surface area contributed by atoms with Gasteiger partial charge in [-0.1, -0.05) is 12.1 Å². The van der Waals surface area contributed by atoms with Crippen molar-refractivity contribution in [2.75, 3.05) is 18.9 Å². The first-order valence-electron chi connectivity index (χ1n) is 4.49. The third kappa shape index (κ3) is 4.78. The Morgan fingerprint density at radius 1 is 1.47 bits per heavy atom. The van der Waals surface area contributed by atoms with Gasteiger partial charge in [0, 0.05) is 12.2 Å². The van der Waals surface area contributed by atoms with Gasteiger partial charge in [0.15, 0.2) is 0 Å². The number of halogens is 1. The van der Waals surface area contributed by atoms with E-state index in [0.29, 0.717) is 0 Å². The molecule has 0 saturated carbocycles. The van der Waals surface area contributed by atoms with Crippen LogP contribution in [0.5, 0.6) is 0 Å². The normalized spacial score (nSPS) is 9.20. The van der Waals surface area contributed by atoms with Crippen molar-refractivity contribution in [3.63, 3.8) is 0 Å². The molecule has 1 amide bonds. The van der Waals surface area contributed by atoms with Crippen molar-refractivity contribution in [2.24, 2.45) is 5.73 Å². The summed E-state index contributed by atoms with van der Waals surface area (Å²) in [5.74, 6) is -0.174. The highest BCUT2D eigenvalue weighted by atomic mass is 35.5. The van der Waals surface area contributed by atoms with Gasteiger partial charge in [-0.2, -0.15) is 0 Å². The van der Waals surface area contributed by atoms with Gasteiger partial charge in [0.25, 0.3) is 0 Å². The summed E-state index contributed by atoms with van der Waals surface area (Å²) in [6.07, 6.45) is 0. The maximum absolute atomic E-state index is 11.0. The van der Waals surface area contributed by atoms with Crippen molar-refractivity contribution in [3.05, 3.63) is 29.8 Å². The zero-order valence-electron chi connectivity index (χ0n) is 8.62. The van der Waals surface area contributed by atoms with Crippen LogP contribution in [-0.4, -0.2) is 19.5 Å². The van der Waals surface area contributed by atoms with E-state index >= 15 is 0 Å². The van der Waals surface area contributed by atoms with Crippen molar-refractivity contribution in [3.8, 4) is 0 Å². The Labute approximate surface area is 95.6 Å². The van der Waals surface area contributed by atoms with Crippen LogP contribution in [0.25, 0.3) is 0 Å². The van der Waals surface area contributed by atoms with E-state index in [-0.39, 0.29) is 24.9 Å². The zero-order valence-corrected chi connectivity index (χ0v) is 9.43. The minimum Gasteiger partial charge on any atom is -0.325 e. The second kappa shape index (κ2) is 7.23. The van der Waals surface area contributed by atoms with Gasteiger partial charge < -0.3 is 16.4 Å². The lowest BCUT2D eigenvalue weighted by atomic mass is 10.2. The number of nitrogens with two attached hydrogens (primary N) is 1. The van der Waals surface area contributed by atoms with Crippen LogP contribution in [0, 0.1) is 0 Å². The second-order valence-electron chi connectivity index (χ2n) is 2.98. The van der Waals surface area contributed by atoms with Crippen molar-refractivity contribution >= 4 is 24.0 Å². The van der Waals surface area contributed by atoms with Gasteiger partial charge in [-0.05, 0) is 24.7 Å². The first kappa shape index (κ1) is 13.9. The van der Waals surface area contributed by atoms with Crippen LogP contribution < -0.4 is 16.4 Å². The number of rotatable bonds is 4. The van der Waals surface area contributed by atoms with Crippen molar-refractivity contribution < 1.29 is 4.79 Å². The fourth-order valence-electron chi connectivity index (χ4n) is 1.18. The highest BCUT2D eigenvalue weighted by Crippen LogP contribution is 2.09. The Kier molecular flexibility index (Phi) is 6.70. The van der Waals surface area contributed by atoms with E-state index in [2.05, 4.69) is 10.6 Å². The van der Waals surface area contributed by atoms with Crippen molar-refractivity contribution in [1.29, 1.82) is 0 Å². The summed E-state index contributed by atoms with van der Waals surface area (Å²) in [7, 11) is 1.88. The Morgan fingerprint density at radius 2 is 2.20 bits per heavy atom. The summed E-state index contributed by atoms with van der Waals surface area (Å²) >= 11 is 0. The predicted octanol–water partition coefficient (Wildman–Crippen LogP) is 0.725. The minimum absolute atomic E-state index is 0. The third-order valence-electron chi connectivity index (χ3n) is 1.78. The molecule has 0 heterocycles. The van der Waals surface area contributed by atoms with E-state index in [1.165, 1.54) is 0 Å². The molecule has 1 aromatic carbocycles. The van der Waals surface area contributed by atoms with E-state index in [1.807, 2.05) is 31.3 Å². The van der Waals surface area contributed by atoms with Gasteiger partial charge in [0.2, 0.25) is 5.91 Å². The smallest absolute Gasteiger partial charge is 0.238 e. The fraction of sp³-hybridized carbons (Fsp3) is 0.300. The number of carbonyl (C=O) groups is 1. The summed E-state index contributed by atoms with van der Waals surface area (Å²) in [5.41, 5.74) is 7.10. The first-order valence-corrected chi connectivity index (χ1v) is 4.49. The standard InChI is InChI=1S/C10H15N3O.ClH/c1-12-7-8-3-2-4-9(5-8)13-10(14)6-11;/h2-5,12H,6-7,11H2,1H3,(H,13,14);1H. The molecule has 0 unspecified atom stereocenters. The molecule has 1 aromatic rings. The van der Waals surface area contributed by atoms with Crippen molar-refractivity contribution in [1.82, 2.24) is 5.32 Å². The molecule has 5 heteroatoms. The molecule has 0 aromatic heterocycles. The lowest BCUT2D eigenvalue weighted by molar-refractivity contribution is -0.114. The lowest BCUT2D eigenvalue weighted by Crippen LogP contribution is -2.21. The number of hydrogen-bond donors (Lipinski definition) is 3. The maximum Gasteiger partial charge on any atom is 0.238 e. The van der Waals surface area contributed by atoms with Crippen LogP contribution in [0.4, 0.5) is 5.69 Å². The summed E-state index contributed by atoms with van der Waals surface area (Å²) < 4.78 is 0. The maximum atomic E-state index is 11.0. The van der Waals surface area contributed by atoms with Gasteiger partial charge in [0.1, 0.15) is 0 Å². The number of nitrogens with one attached hydrogen (secondary N) is 2. The van der Waals surface area contributed by atoms with Crippen LogP contribution in [0.15, 0.2) is 24.3 Å². The third-order valence-corrected chi connectivity index (χ3v) is 1.78. The predicted molar refractivity (Wildman–Crippen MR) is 64.1 cm³/mol. The van der Waals surface area contributed by atoms with Crippen LogP contribution in [0.2, 0.25) is 0 Å². The van der Waals surface area contributed by atoms with Crippen LogP contribution >= 0.6 is 12.4 Å². The zero-order chi connectivity index (χ0) is 10.4. The Bertz CT molecular complexity index is 317. The van der Waals surface area contributed by atoms with Gasteiger partial charge in [0.05, 0.1) is 6.54 Å². The number of benzene rings is 1. The summed E-state index contributed by atoms with van der Waals surface area (Å²) in [6, 6.07) is 7.66. The van der Waals surface area contributed by atoms with Crippen LogP contribution in [0.3, 0.4) is 0 Å². The Morgan fingerprint density at radius 3 is 2.80 bits per heavy atom. The quantitative estimate of drug-likeness (QED) is 0.713. The van der Waals surface area contributed by atoms with Gasteiger partial charge in [-0.25, -0.2) is 0 Å². The molecule has 0 atom stereocenters. The first-order chi connectivity index (χ1) is 6.76. The fourth-order valence-corrected chi connectivity index (χ4v) is 1.18. The van der Waals surface area contributed by atoms with Gasteiger partial charge in [-0.15, -0.1) is 12.4 Å². The van der Waals surface area contributed by atoms with E-state index in [4.69, 9.17) is 5.73 Å². The topological polar surface area (TPSA) is 67.1 Å². The van der Waals surface area contributed by atoms with E-state index in [0.717, 1.165) is 17.8 Å². The average molecular weight is 230 g/mol. The summed E-state index contributed by atoms with van der Waals surface area (Å²) in [4.78, 5) is 11.0. The highest BCUT2D eigenvalue weighted by molar-refractivity contribution is 5.92. The van der Waals surface area contributed by atoms with E-state index in [9.17, 15) is 4.79 Å². The molecule has 4 nitrogen and oxygen atoms in total. The van der Waals surface area contributed by atoms with Gasteiger partial charge >= 0.3 is 0 Å². The molecule has 15 heavy (non-hydrogen) atoms.